The van der Waals surface area contributed by atoms with E-state index in [2.05, 4.69) is 20.9 Å². The third-order valence-corrected chi connectivity index (χ3v) is 1.88. The average molecular weight is 228 g/mol. The molecule has 0 fully saturated rings. The van der Waals surface area contributed by atoms with E-state index in [1.54, 1.807) is 13.1 Å². The number of pyridine rings is 1. The van der Waals surface area contributed by atoms with Crippen molar-refractivity contribution in [3.05, 3.63) is 39.8 Å². The van der Waals surface area contributed by atoms with E-state index < -0.39 is 0 Å². The Bertz CT molecular complexity index is 341. The number of aryl methyl sites for hydroxylation is 1. The minimum atomic E-state index is -0.0222. The van der Waals surface area contributed by atoms with Crippen molar-refractivity contribution in [2.24, 2.45) is 0 Å². The highest BCUT2D eigenvalue weighted by atomic mass is 79.9. The number of hydrogen-bond acceptors (Lipinski definition) is 1. The zero-order chi connectivity index (χ0) is 8.97. The summed E-state index contributed by atoms with van der Waals surface area (Å²) in [5.41, 5.74) is 1.74. The molecule has 1 aromatic rings. The quantitative estimate of drug-likeness (QED) is 0.772. The molecule has 2 nitrogen and oxygen atoms in total. The van der Waals surface area contributed by atoms with Gasteiger partial charge >= 0.3 is 0 Å². The summed E-state index contributed by atoms with van der Waals surface area (Å²) in [4.78, 5) is 13.6. The van der Waals surface area contributed by atoms with Gasteiger partial charge in [-0.1, -0.05) is 28.1 Å². The van der Waals surface area contributed by atoms with E-state index in [1.807, 2.05) is 18.2 Å². The first-order valence-electron chi connectivity index (χ1n) is 3.66. The van der Waals surface area contributed by atoms with Gasteiger partial charge < -0.3 is 4.98 Å². The van der Waals surface area contributed by atoms with Crippen LogP contribution < -0.4 is 5.56 Å². The molecule has 0 aliphatic rings. The van der Waals surface area contributed by atoms with Crippen LogP contribution in [0.5, 0.6) is 0 Å². The number of aromatic nitrogens is 1. The molecule has 1 heterocycles. The highest BCUT2D eigenvalue weighted by molar-refractivity contribution is 9.09. The van der Waals surface area contributed by atoms with Crippen molar-refractivity contribution in [2.45, 2.75) is 6.92 Å². The lowest BCUT2D eigenvalue weighted by atomic mass is 10.2. The zero-order valence-electron chi connectivity index (χ0n) is 6.80. The van der Waals surface area contributed by atoms with Gasteiger partial charge in [-0.3, -0.25) is 4.79 Å². The van der Waals surface area contributed by atoms with Gasteiger partial charge in [0.15, 0.2) is 0 Å². The summed E-state index contributed by atoms with van der Waals surface area (Å²) < 4.78 is 0. The van der Waals surface area contributed by atoms with Crippen LogP contribution in [0.2, 0.25) is 0 Å². The molecule has 0 amide bonds. The van der Waals surface area contributed by atoms with Gasteiger partial charge in [0.2, 0.25) is 0 Å². The number of hydrogen-bond donors (Lipinski definition) is 1. The average Bonchev–Trinajstić information content (AvgIpc) is 2.07. The van der Waals surface area contributed by atoms with Crippen LogP contribution in [0.3, 0.4) is 0 Å². The lowest BCUT2D eigenvalue weighted by Gasteiger charge is -1.93. The first kappa shape index (κ1) is 9.26. The van der Waals surface area contributed by atoms with Crippen LogP contribution in [-0.2, 0) is 0 Å². The fourth-order valence-electron chi connectivity index (χ4n) is 0.897. The molecule has 12 heavy (non-hydrogen) atoms. The largest absolute Gasteiger partial charge is 0.328 e. The fraction of sp³-hybridized carbons (Fsp3) is 0.222. The highest BCUT2D eigenvalue weighted by Crippen LogP contribution is 2.00. The molecule has 3 heteroatoms. The Balaban J connectivity index is 2.97. The van der Waals surface area contributed by atoms with Gasteiger partial charge in [-0.05, 0) is 18.6 Å². The standard InChI is InChI=1S/C9H10BrNO/c1-7-5-8(3-2-4-10)6-11-9(7)12/h2-3,5-6H,4H2,1H3,(H,11,12). The monoisotopic (exact) mass is 227 g/mol. The Morgan fingerprint density at radius 1 is 1.67 bits per heavy atom. The summed E-state index contributed by atoms with van der Waals surface area (Å²) in [6.07, 6.45) is 5.64. The topological polar surface area (TPSA) is 32.9 Å². The molecule has 1 rings (SSSR count). The Kier molecular flexibility index (Phi) is 3.29. The minimum absolute atomic E-state index is 0.0222. The number of halogens is 1. The SMILES string of the molecule is Cc1cc(C=CCBr)c[nH]c1=O. The predicted molar refractivity (Wildman–Crippen MR) is 54.6 cm³/mol. The second-order valence-electron chi connectivity index (χ2n) is 2.50. The van der Waals surface area contributed by atoms with Crippen LogP contribution in [0.4, 0.5) is 0 Å². The first-order valence-corrected chi connectivity index (χ1v) is 4.78. The fourth-order valence-corrected chi connectivity index (χ4v) is 1.08. The van der Waals surface area contributed by atoms with Crippen LogP contribution in [0.1, 0.15) is 11.1 Å². The smallest absolute Gasteiger partial charge is 0.250 e. The highest BCUT2D eigenvalue weighted by Gasteiger charge is 1.91. The maximum absolute atomic E-state index is 11.0. The van der Waals surface area contributed by atoms with Crippen LogP contribution in [0.15, 0.2) is 23.1 Å². The molecule has 0 saturated heterocycles. The Hall–Kier alpha value is -0.830. The molecule has 0 atom stereocenters. The van der Waals surface area contributed by atoms with E-state index >= 15 is 0 Å². The molecule has 0 radical (unpaired) electrons. The molecular formula is C9H10BrNO. The van der Waals surface area contributed by atoms with Crippen LogP contribution in [-0.4, -0.2) is 10.3 Å². The van der Waals surface area contributed by atoms with Gasteiger partial charge in [0.1, 0.15) is 0 Å². The van der Waals surface area contributed by atoms with E-state index in [0.29, 0.717) is 0 Å². The first-order chi connectivity index (χ1) is 5.74. The maximum atomic E-state index is 11.0. The van der Waals surface area contributed by atoms with E-state index in [1.165, 1.54) is 0 Å². The molecule has 0 spiro atoms. The van der Waals surface area contributed by atoms with Crippen molar-refractivity contribution in [2.75, 3.05) is 5.33 Å². The maximum Gasteiger partial charge on any atom is 0.250 e. The van der Waals surface area contributed by atoms with Gasteiger partial charge in [-0.15, -0.1) is 0 Å². The van der Waals surface area contributed by atoms with Crippen LogP contribution in [0.25, 0.3) is 6.08 Å². The predicted octanol–water partition coefficient (Wildman–Crippen LogP) is 2.09. The molecule has 0 bridgehead atoms. The van der Waals surface area contributed by atoms with Crippen molar-refractivity contribution in [3.8, 4) is 0 Å². The number of aromatic amines is 1. The van der Waals surface area contributed by atoms with E-state index in [4.69, 9.17) is 0 Å². The Morgan fingerprint density at radius 2 is 2.42 bits per heavy atom. The number of H-pyrrole nitrogens is 1. The van der Waals surface area contributed by atoms with Gasteiger partial charge in [0.25, 0.3) is 5.56 Å². The second kappa shape index (κ2) is 4.26. The molecule has 0 aliphatic carbocycles. The van der Waals surface area contributed by atoms with Crippen molar-refractivity contribution >= 4 is 22.0 Å². The number of alkyl halides is 1. The van der Waals surface area contributed by atoms with Gasteiger partial charge in [-0.2, -0.15) is 0 Å². The number of rotatable bonds is 2. The number of nitrogens with one attached hydrogen (secondary N) is 1. The molecule has 0 aliphatic heterocycles. The lowest BCUT2D eigenvalue weighted by molar-refractivity contribution is 1.17. The summed E-state index contributed by atoms with van der Waals surface area (Å²) in [5, 5.41) is 0.825. The Morgan fingerprint density at radius 3 is 3.00 bits per heavy atom. The van der Waals surface area contributed by atoms with Crippen LogP contribution >= 0.6 is 15.9 Å². The minimum Gasteiger partial charge on any atom is -0.328 e. The third-order valence-electron chi connectivity index (χ3n) is 1.51. The Labute approximate surface area is 79.5 Å². The normalized spacial score (nSPS) is 10.8. The van der Waals surface area contributed by atoms with Crippen molar-refractivity contribution < 1.29 is 0 Å². The van der Waals surface area contributed by atoms with Crippen LogP contribution in [0, 0.1) is 6.92 Å². The molecule has 1 aromatic heterocycles. The molecule has 0 aromatic carbocycles. The molecular weight excluding hydrogens is 218 g/mol. The summed E-state index contributed by atoms with van der Waals surface area (Å²) >= 11 is 3.28. The van der Waals surface area contributed by atoms with E-state index in [0.717, 1.165) is 16.5 Å². The zero-order valence-corrected chi connectivity index (χ0v) is 8.39. The van der Waals surface area contributed by atoms with Crippen molar-refractivity contribution in [1.29, 1.82) is 0 Å². The second-order valence-corrected chi connectivity index (χ2v) is 3.15. The number of allylic oxidation sites excluding steroid dienone is 1. The van der Waals surface area contributed by atoms with Crippen molar-refractivity contribution in [1.82, 2.24) is 4.98 Å². The molecule has 1 N–H and O–H groups in total. The summed E-state index contributed by atoms with van der Waals surface area (Å²) in [6.45, 7) is 1.80. The van der Waals surface area contributed by atoms with E-state index in [9.17, 15) is 4.79 Å². The molecule has 64 valence electrons. The van der Waals surface area contributed by atoms with Crippen molar-refractivity contribution in [3.63, 3.8) is 0 Å². The molecule has 0 unspecified atom stereocenters. The van der Waals surface area contributed by atoms with Gasteiger partial charge in [-0.25, -0.2) is 0 Å². The van der Waals surface area contributed by atoms with E-state index in [-0.39, 0.29) is 5.56 Å². The summed E-state index contributed by atoms with van der Waals surface area (Å²) in [7, 11) is 0. The van der Waals surface area contributed by atoms with Gasteiger partial charge in [0.05, 0.1) is 0 Å². The lowest BCUT2D eigenvalue weighted by Crippen LogP contribution is -2.07. The third kappa shape index (κ3) is 2.34. The van der Waals surface area contributed by atoms with Gasteiger partial charge in [0, 0.05) is 17.1 Å². The summed E-state index contributed by atoms with van der Waals surface area (Å²) in [5.74, 6) is 0. The molecule has 0 saturated carbocycles. The summed E-state index contributed by atoms with van der Waals surface area (Å²) in [6, 6.07) is 1.86.